The van der Waals surface area contributed by atoms with Gasteiger partial charge in [0.05, 0.1) is 26.4 Å². The molecule has 8 nitrogen and oxygen atoms in total. The van der Waals surface area contributed by atoms with Crippen LogP contribution >= 0.6 is 0 Å². The number of aliphatic carboxylic acids is 1. The highest BCUT2D eigenvalue weighted by atomic mass is 16.5. The quantitative estimate of drug-likeness (QED) is 0.345. The fourth-order valence-electron chi connectivity index (χ4n) is 1.47. The summed E-state index contributed by atoms with van der Waals surface area (Å²) in [7, 11) is 6.77. The Morgan fingerprint density at radius 2 is 1.08 bits per heavy atom. The molecule has 0 saturated heterocycles. The number of hydrogen-bond donors (Lipinski definition) is 3. The molecule has 0 fully saturated rings. The Balaban J connectivity index is -0.000000306. The van der Waals surface area contributed by atoms with Gasteiger partial charge in [-0.3, -0.25) is 4.79 Å². The van der Waals surface area contributed by atoms with Crippen molar-refractivity contribution in [1.82, 2.24) is 10.6 Å². The zero-order valence-electron chi connectivity index (χ0n) is 17.5. The van der Waals surface area contributed by atoms with Crippen LogP contribution in [0.1, 0.15) is 32.6 Å². The lowest BCUT2D eigenvalue weighted by atomic mass is 10.2. The number of hydrogen-bond acceptors (Lipinski definition) is 7. The van der Waals surface area contributed by atoms with E-state index in [-0.39, 0.29) is 0 Å². The van der Waals surface area contributed by atoms with E-state index in [1.165, 1.54) is 0 Å². The van der Waals surface area contributed by atoms with Crippen LogP contribution in [0.15, 0.2) is 0 Å². The van der Waals surface area contributed by atoms with Crippen LogP contribution < -0.4 is 10.6 Å². The van der Waals surface area contributed by atoms with Gasteiger partial charge in [-0.25, -0.2) is 0 Å². The Labute approximate surface area is 159 Å². The largest absolute Gasteiger partial charge is 0.481 e. The van der Waals surface area contributed by atoms with Crippen molar-refractivity contribution in [1.29, 1.82) is 0 Å². The monoisotopic (exact) mass is 382 g/mol. The van der Waals surface area contributed by atoms with Gasteiger partial charge in [0.2, 0.25) is 0 Å². The first-order valence-corrected chi connectivity index (χ1v) is 9.19. The second-order valence-corrected chi connectivity index (χ2v) is 5.32. The molecule has 0 aliphatic carbocycles. The van der Waals surface area contributed by atoms with Gasteiger partial charge in [-0.2, -0.15) is 0 Å². The van der Waals surface area contributed by atoms with Gasteiger partial charge in [-0.05, 0) is 6.42 Å². The van der Waals surface area contributed by atoms with E-state index in [9.17, 15) is 4.79 Å². The Hall–Kier alpha value is -0.770. The summed E-state index contributed by atoms with van der Waals surface area (Å²) in [6.07, 6.45) is 3.28. The molecule has 0 aromatic carbocycles. The average molecular weight is 383 g/mol. The molecule has 0 aliphatic heterocycles. The second-order valence-electron chi connectivity index (χ2n) is 5.32. The molecule has 0 unspecified atom stereocenters. The number of unbranched alkanes of at least 4 members (excludes halogenated alkanes) is 2. The van der Waals surface area contributed by atoms with Crippen LogP contribution in [0.3, 0.4) is 0 Å². The Kier molecular flexibility index (Phi) is 36.8. The maximum absolute atomic E-state index is 9.87. The summed E-state index contributed by atoms with van der Waals surface area (Å²) in [4.78, 5) is 9.87. The van der Waals surface area contributed by atoms with E-state index in [0.717, 1.165) is 71.9 Å². The zero-order valence-corrected chi connectivity index (χ0v) is 17.5. The maximum atomic E-state index is 9.87. The van der Waals surface area contributed by atoms with Gasteiger partial charge in [0.1, 0.15) is 0 Å². The first-order chi connectivity index (χ1) is 12.6. The predicted molar refractivity (Wildman–Crippen MR) is 105 cm³/mol. The molecule has 0 heterocycles. The molecule has 0 atom stereocenters. The Morgan fingerprint density at radius 3 is 1.31 bits per heavy atom. The lowest BCUT2D eigenvalue weighted by Crippen LogP contribution is -2.23. The number of ether oxygens (including phenoxy) is 4. The second kappa shape index (κ2) is 31.9. The Bertz CT molecular complexity index is 220. The zero-order chi connectivity index (χ0) is 20.3. The summed E-state index contributed by atoms with van der Waals surface area (Å²) in [5.74, 6) is -0.682. The molecule has 0 aromatic rings. The summed E-state index contributed by atoms with van der Waals surface area (Å²) in [6.45, 7) is 8.74. The highest BCUT2D eigenvalue weighted by Gasteiger charge is 1.92. The lowest BCUT2D eigenvalue weighted by Gasteiger charge is -2.01. The summed E-state index contributed by atoms with van der Waals surface area (Å²) < 4.78 is 19.3. The van der Waals surface area contributed by atoms with Crippen molar-refractivity contribution < 1.29 is 28.8 Å². The van der Waals surface area contributed by atoms with Crippen molar-refractivity contribution in [3.05, 3.63) is 0 Å². The van der Waals surface area contributed by atoms with Crippen LogP contribution in [0.2, 0.25) is 0 Å². The fraction of sp³-hybridized carbons (Fsp3) is 0.944. The van der Waals surface area contributed by atoms with Gasteiger partial charge in [0.15, 0.2) is 0 Å². The molecule has 3 N–H and O–H groups in total. The molecular formula is C18H42N2O6. The molecule has 0 spiro atoms. The van der Waals surface area contributed by atoms with Gasteiger partial charge in [0.25, 0.3) is 0 Å². The van der Waals surface area contributed by atoms with E-state index in [0.29, 0.717) is 6.42 Å². The molecule has 0 saturated carbocycles. The van der Waals surface area contributed by atoms with Crippen molar-refractivity contribution >= 4 is 5.97 Å². The van der Waals surface area contributed by atoms with Crippen LogP contribution in [-0.4, -0.2) is 92.1 Å². The van der Waals surface area contributed by atoms with E-state index in [4.69, 9.17) is 24.1 Å². The van der Waals surface area contributed by atoms with Gasteiger partial charge in [-0.1, -0.05) is 19.8 Å². The molecular weight excluding hydrogens is 340 g/mol. The van der Waals surface area contributed by atoms with Crippen molar-refractivity contribution in [3.8, 4) is 0 Å². The molecule has 0 bridgehead atoms. The maximum Gasteiger partial charge on any atom is 0.303 e. The lowest BCUT2D eigenvalue weighted by molar-refractivity contribution is -0.137. The van der Waals surface area contributed by atoms with Crippen molar-refractivity contribution in [2.75, 3.05) is 81.0 Å². The first-order valence-electron chi connectivity index (χ1n) is 9.19. The summed E-state index contributed by atoms with van der Waals surface area (Å²) in [6, 6.07) is 0. The minimum absolute atomic E-state index is 0.327. The third-order valence-electron chi connectivity index (χ3n) is 2.93. The highest BCUT2D eigenvalue weighted by Crippen LogP contribution is 1.97. The van der Waals surface area contributed by atoms with E-state index < -0.39 is 5.97 Å². The number of methoxy groups -OCH3 is 4. The van der Waals surface area contributed by atoms with Crippen LogP contribution in [-0.2, 0) is 23.7 Å². The van der Waals surface area contributed by atoms with Gasteiger partial charge in [0, 0.05) is 61.0 Å². The highest BCUT2D eigenvalue weighted by molar-refractivity contribution is 5.66. The van der Waals surface area contributed by atoms with Gasteiger partial charge >= 0.3 is 5.97 Å². The summed E-state index contributed by atoms with van der Waals surface area (Å²) >= 11 is 0. The number of nitrogens with one attached hydrogen (secondary N) is 2. The fourth-order valence-corrected chi connectivity index (χ4v) is 1.47. The number of rotatable bonds is 16. The van der Waals surface area contributed by atoms with Crippen molar-refractivity contribution in [3.63, 3.8) is 0 Å². The minimum atomic E-state index is -0.682. The number of carboxylic acids is 1. The number of carboxylic acid groups (broad SMARTS) is 1. The molecule has 0 aromatic heterocycles. The van der Waals surface area contributed by atoms with Crippen LogP contribution in [0.4, 0.5) is 0 Å². The summed E-state index contributed by atoms with van der Waals surface area (Å²) in [5, 5.41) is 14.4. The third-order valence-corrected chi connectivity index (χ3v) is 2.93. The molecule has 26 heavy (non-hydrogen) atoms. The standard InChI is InChI=1S/2C6H15NO2.C6H12O2/c2*1-8-5-3-7-4-6-9-2;1-2-3-4-5-6(7)8/h2*7H,3-6H2,1-2H3;2-5H2,1H3,(H,7,8). The first kappa shape index (κ1) is 30.0. The molecule has 8 heteroatoms. The summed E-state index contributed by atoms with van der Waals surface area (Å²) in [5.41, 5.74) is 0. The van der Waals surface area contributed by atoms with Gasteiger partial charge in [-0.15, -0.1) is 0 Å². The molecule has 0 rings (SSSR count). The van der Waals surface area contributed by atoms with Crippen molar-refractivity contribution in [2.45, 2.75) is 32.6 Å². The predicted octanol–water partition coefficient (Wildman–Crippen LogP) is 1.39. The number of carbonyl (C=O) groups is 1. The Morgan fingerprint density at radius 1 is 0.731 bits per heavy atom. The normalized spacial score (nSPS) is 9.73. The van der Waals surface area contributed by atoms with E-state index >= 15 is 0 Å². The van der Waals surface area contributed by atoms with E-state index in [1.807, 2.05) is 0 Å². The SMILES string of the molecule is CCCCCC(=O)O.COCCNCCOC.COCCNCCOC. The smallest absolute Gasteiger partial charge is 0.303 e. The van der Waals surface area contributed by atoms with E-state index in [2.05, 4.69) is 17.6 Å². The van der Waals surface area contributed by atoms with E-state index in [1.54, 1.807) is 28.4 Å². The van der Waals surface area contributed by atoms with Crippen LogP contribution in [0, 0.1) is 0 Å². The third kappa shape index (κ3) is 43.6. The van der Waals surface area contributed by atoms with Crippen LogP contribution in [0.25, 0.3) is 0 Å². The van der Waals surface area contributed by atoms with Crippen molar-refractivity contribution in [2.24, 2.45) is 0 Å². The topological polar surface area (TPSA) is 98.3 Å². The average Bonchev–Trinajstić information content (AvgIpc) is 2.63. The minimum Gasteiger partial charge on any atom is -0.481 e. The molecule has 0 amide bonds. The molecule has 0 radical (unpaired) electrons. The molecule has 0 aliphatic rings. The molecule has 160 valence electrons. The van der Waals surface area contributed by atoms with Crippen LogP contribution in [0.5, 0.6) is 0 Å². The van der Waals surface area contributed by atoms with Gasteiger partial charge < -0.3 is 34.7 Å².